The lowest BCUT2D eigenvalue weighted by atomic mass is 10.1. The number of fused-ring (bicyclic) bond motifs is 1. The van der Waals surface area contributed by atoms with Crippen LogP contribution in [0.2, 0.25) is 0 Å². The number of pyridine rings is 1. The minimum atomic E-state index is -3.76. The van der Waals surface area contributed by atoms with Gasteiger partial charge in [-0.15, -0.1) is 0 Å². The third kappa shape index (κ3) is 3.58. The van der Waals surface area contributed by atoms with Crippen LogP contribution in [0.5, 0.6) is 0 Å². The number of benzene rings is 2. The van der Waals surface area contributed by atoms with E-state index in [0.29, 0.717) is 5.69 Å². The maximum atomic E-state index is 12.6. The first-order valence-corrected chi connectivity index (χ1v) is 9.45. The largest absolute Gasteiger partial charge is 0.314 e. The quantitative estimate of drug-likeness (QED) is 0.693. The van der Waals surface area contributed by atoms with Crippen molar-refractivity contribution in [2.45, 2.75) is 4.90 Å². The smallest absolute Gasteiger partial charge is 0.244 e. The van der Waals surface area contributed by atoms with Crippen molar-refractivity contribution in [1.29, 1.82) is 0 Å². The number of nitrogens with zero attached hydrogens (tertiary/aromatic N) is 3. The molecule has 0 spiro atoms. The molecule has 0 atom stereocenters. The molecule has 3 rings (SSSR count). The molecule has 0 radical (unpaired) electrons. The second-order valence-corrected chi connectivity index (χ2v) is 7.98. The van der Waals surface area contributed by atoms with E-state index in [1.165, 1.54) is 30.4 Å². The van der Waals surface area contributed by atoms with Gasteiger partial charge < -0.3 is 4.90 Å². The Morgan fingerprint density at radius 3 is 2.42 bits per heavy atom. The van der Waals surface area contributed by atoms with Gasteiger partial charge in [0.25, 0.3) is 0 Å². The van der Waals surface area contributed by atoms with E-state index in [1.807, 2.05) is 42.5 Å². The lowest BCUT2D eigenvalue weighted by molar-refractivity contribution is -0.118. The number of rotatable bonds is 5. The van der Waals surface area contributed by atoms with Gasteiger partial charge in [0, 0.05) is 32.2 Å². The number of likely N-dealkylation sites (N-methyl/N-ethyl adjacent to an activating group) is 2. The predicted molar refractivity (Wildman–Crippen MR) is 101 cm³/mol. The third-order valence-electron chi connectivity index (χ3n) is 4.19. The lowest BCUT2D eigenvalue weighted by Gasteiger charge is -2.22. The summed E-state index contributed by atoms with van der Waals surface area (Å²) in [5, 5.41) is 2.09. The highest BCUT2D eigenvalue weighted by atomic mass is 32.2. The van der Waals surface area contributed by atoms with Gasteiger partial charge in [0.2, 0.25) is 15.9 Å². The van der Waals surface area contributed by atoms with Crippen molar-refractivity contribution in [2.75, 3.05) is 25.5 Å². The molecular weight excluding hydrogens is 350 g/mol. The van der Waals surface area contributed by atoms with Crippen molar-refractivity contribution >= 4 is 32.4 Å². The minimum absolute atomic E-state index is 0.0589. The predicted octanol–water partition coefficient (Wildman–Crippen LogP) is 2.52. The molecule has 0 unspecified atom stereocenters. The summed E-state index contributed by atoms with van der Waals surface area (Å²) in [6.45, 7) is -0.263. The molecule has 0 aliphatic heterocycles. The number of carbonyl (C=O) groups excluding carboxylic acids is 1. The first-order chi connectivity index (χ1) is 12.4. The molecular formula is C19H19N3O3S. The lowest BCUT2D eigenvalue weighted by Crippen LogP contribution is -2.39. The van der Waals surface area contributed by atoms with E-state index in [4.69, 9.17) is 0 Å². The van der Waals surface area contributed by atoms with Crippen LogP contribution in [0.25, 0.3) is 10.8 Å². The third-order valence-corrected chi connectivity index (χ3v) is 5.98. The van der Waals surface area contributed by atoms with Gasteiger partial charge in [0.15, 0.2) is 0 Å². The molecule has 0 saturated heterocycles. The summed E-state index contributed by atoms with van der Waals surface area (Å²) in [5.41, 5.74) is 0.709. The fourth-order valence-electron chi connectivity index (χ4n) is 2.59. The van der Waals surface area contributed by atoms with E-state index >= 15 is 0 Å². The van der Waals surface area contributed by atoms with E-state index in [-0.39, 0.29) is 17.3 Å². The van der Waals surface area contributed by atoms with Crippen LogP contribution < -0.4 is 4.90 Å². The average Bonchev–Trinajstić information content (AvgIpc) is 2.67. The highest BCUT2D eigenvalue weighted by Gasteiger charge is 2.24. The summed E-state index contributed by atoms with van der Waals surface area (Å²) in [6, 6.07) is 16.5. The number of carbonyl (C=O) groups is 1. The normalized spacial score (nSPS) is 11.7. The van der Waals surface area contributed by atoms with Crippen LogP contribution >= 0.6 is 0 Å². The molecule has 134 valence electrons. The van der Waals surface area contributed by atoms with Gasteiger partial charge in [0.05, 0.1) is 6.54 Å². The topological polar surface area (TPSA) is 70.6 Å². The van der Waals surface area contributed by atoms with Crippen LogP contribution in [0.1, 0.15) is 0 Å². The first kappa shape index (κ1) is 18.0. The molecule has 0 bridgehead atoms. The Bertz CT molecular complexity index is 1040. The molecule has 0 saturated carbocycles. The van der Waals surface area contributed by atoms with E-state index < -0.39 is 10.0 Å². The number of sulfonamides is 1. The maximum absolute atomic E-state index is 12.6. The summed E-state index contributed by atoms with van der Waals surface area (Å²) in [6.07, 6.45) is 2.76. The molecule has 6 nitrogen and oxygen atoms in total. The van der Waals surface area contributed by atoms with Crippen LogP contribution in [-0.2, 0) is 14.8 Å². The fourth-order valence-corrected chi connectivity index (χ4v) is 3.68. The number of aromatic nitrogens is 1. The Morgan fingerprint density at radius 1 is 1.00 bits per heavy atom. The zero-order valence-electron chi connectivity index (χ0n) is 14.5. The Morgan fingerprint density at radius 2 is 1.73 bits per heavy atom. The summed E-state index contributed by atoms with van der Waals surface area (Å²) in [4.78, 5) is 17.9. The Kier molecular flexibility index (Phi) is 5.01. The highest BCUT2D eigenvalue weighted by molar-refractivity contribution is 7.89. The van der Waals surface area contributed by atoms with Gasteiger partial charge in [-0.2, -0.15) is 4.31 Å². The van der Waals surface area contributed by atoms with E-state index in [1.54, 1.807) is 13.1 Å². The number of hydrogen-bond acceptors (Lipinski definition) is 4. The molecule has 0 aliphatic rings. The monoisotopic (exact) mass is 369 g/mol. The number of hydrogen-bond donors (Lipinski definition) is 0. The van der Waals surface area contributed by atoms with Gasteiger partial charge in [0.1, 0.15) is 4.90 Å². The molecule has 0 fully saturated rings. The molecule has 1 aromatic heterocycles. The van der Waals surface area contributed by atoms with Crippen molar-refractivity contribution in [3.63, 3.8) is 0 Å². The SMILES string of the molecule is CN(C(=O)CN(C)S(=O)(=O)c1cccnc1)c1ccc2ccccc2c1. The summed E-state index contributed by atoms with van der Waals surface area (Å²) in [7, 11) is -0.742. The standard InChI is InChI=1S/C19H19N3O3S/c1-21(26(24,25)18-8-5-11-20-13-18)14-19(23)22(2)17-10-9-15-6-3-4-7-16(15)12-17/h3-13H,14H2,1-2H3. The molecule has 2 aromatic carbocycles. The van der Waals surface area contributed by atoms with Crippen LogP contribution in [0, 0.1) is 0 Å². The van der Waals surface area contributed by atoms with Crippen molar-refractivity contribution in [3.8, 4) is 0 Å². The van der Waals surface area contributed by atoms with Crippen molar-refractivity contribution in [1.82, 2.24) is 9.29 Å². The molecule has 1 amide bonds. The Labute approximate surface area is 152 Å². The molecule has 3 aromatic rings. The first-order valence-electron chi connectivity index (χ1n) is 8.01. The highest BCUT2D eigenvalue weighted by Crippen LogP contribution is 2.22. The van der Waals surface area contributed by atoms with E-state index in [0.717, 1.165) is 15.1 Å². The summed E-state index contributed by atoms with van der Waals surface area (Å²) >= 11 is 0. The number of anilines is 1. The molecule has 1 heterocycles. The Balaban J connectivity index is 1.78. The van der Waals surface area contributed by atoms with Gasteiger partial charge in [-0.05, 0) is 35.0 Å². The van der Waals surface area contributed by atoms with Crippen molar-refractivity contribution < 1.29 is 13.2 Å². The second kappa shape index (κ2) is 7.23. The maximum Gasteiger partial charge on any atom is 0.244 e. The van der Waals surface area contributed by atoms with E-state index in [2.05, 4.69) is 4.98 Å². The van der Waals surface area contributed by atoms with Crippen LogP contribution in [0.15, 0.2) is 71.9 Å². The van der Waals surface area contributed by atoms with Crippen molar-refractivity contribution in [2.24, 2.45) is 0 Å². The average molecular weight is 369 g/mol. The van der Waals surface area contributed by atoms with Gasteiger partial charge in [-0.25, -0.2) is 8.42 Å². The van der Waals surface area contributed by atoms with Crippen LogP contribution in [0.4, 0.5) is 5.69 Å². The molecule has 0 aliphatic carbocycles. The van der Waals surface area contributed by atoms with Crippen molar-refractivity contribution in [3.05, 3.63) is 67.0 Å². The molecule has 0 N–H and O–H groups in total. The summed E-state index contributed by atoms with van der Waals surface area (Å²) < 4.78 is 26.1. The fraction of sp³-hybridized carbons (Fsp3) is 0.158. The van der Waals surface area contributed by atoms with Gasteiger partial charge in [-0.3, -0.25) is 9.78 Å². The Hall–Kier alpha value is -2.77. The summed E-state index contributed by atoms with van der Waals surface area (Å²) in [5.74, 6) is -0.324. The second-order valence-electron chi connectivity index (χ2n) is 5.93. The zero-order chi connectivity index (χ0) is 18.7. The molecule has 7 heteroatoms. The van der Waals surface area contributed by atoms with Crippen LogP contribution in [0.3, 0.4) is 0 Å². The van der Waals surface area contributed by atoms with Gasteiger partial charge in [-0.1, -0.05) is 30.3 Å². The zero-order valence-corrected chi connectivity index (χ0v) is 15.3. The number of amides is 1. The van der Waals surface area contributed by atoms with Crippen LogP contribution in [-0.4, -0.2) is 44.3 Å². The molecule has 26 heavy (non-hydrogen) atoms. The van der Waals surface area contributed by atoms with E-state index in [9.17, 15) is 13.2 Å². The minimum Gasteiger partial charge on any atom is -0.314 e. The van der Waals surface area contributed by atoms with Gasteiger partial charge >= 0.3 is 0 Å².